The smallest absolute Gasteiger partial charge is 0.325 e. The average Bonchev–Trinajstić information content (AvgIpc) is 2.45. The highest BCUT2D eigenvalue weighted by Gasteiger charge is 2.47. The molecule has 0 bridgehead atoms. The van der Waals surface area contributed by atoms with Crippen LogP contribution in [0, 0.1) is 5.92 Å². The molecule has 0 aromatic carbocycles. The van der Waals surface area contributed by atoms with E-state index in [4.69, 9.17) is 5.73 Å². The van der Waals surface area contributed by atoms with Crippen LogP contribution in [0.15, 0.2) is 0 Å². The van der Waals surface area contributed by atoms with Crippen molar-refractivity contribution in [3.05, 3.63) is 0 Å². The molecule has 0 unspecified atom stereocenters. The van der Waals surface area contributed by atoms with E-state index in [2.05, 4.69) is 5.32 Å². The molecule has 1 aliphatic rings. The summed E-state index contributed by atoms with van der Waals surface area (Å²) < 4.78 is 0. The lowest BCUT2D eigenvalue weighted by molar-refractivity contribution is -0.131. The normalized spacial score (nSPS) is 22.1. The maximum atomic E-state index is 12.2. The van der Waals surface area contributed by atoms with Crippen LogP contribution in [0.2, 0.25) is 0 Å². The molecule has 8 heteroatoms. The van der Waals surface area contributed by atoms with E-state index in [1.807, 2.05) is 19.2 Å². The van der Waals surface area contributed by atoms with E-state index in [1.54, 1.807) is 6.92 Å². The molecule has 112 valence electrons. The predicted molar refractivity (Wildman–Crippen MR) is 70.4 cm³/mol. The Morgan fingerprint density at radius 2 is 2.00 bits per heavy atom. The number of rotatable bonds is 5. The zero-order valence-corrected chi connectivity index (χ0v) is 11.9. The number of carbonyl (C=O) groups excluding carboxylic acids is 4. The van der Waals surface area contributed by atoms with Gasteiger partial charge in [-0.3, -0.25) is 19.8 Å². The first-order chi connectivity index (χ1) is 9.15. The second-order valence-electron chi connectivity index (χ2n) is 5.48. The summed E-state index contributed by atoms with van der Waals surface area (Å²) in [7, 11) is 0. The van der Waals surface area contributed by atoms with Gasteiger partial charge in [-0.05, 0) is 19.3 Å². The van der Waals surface area contributed by atoms with Crippen molar-refractivity contribution >= 4 is 23.9 Å². The summed E-state index contributed by atoms with van der Waals surface area (Å²) in [6.45, 7) is 5.48. The van der Waals surface area contributed by atoms with E-state index in [0.29, 0.717) is 6.42 Å². The molecular formula is C12H20N4O4. The van der Waals surface area contributed by atoms with Gasteiger partial charge in [0, 0.05) is 13.0 Å². The third-order valence-electron chi connectivity index (χ3n) is 2.99. The lowest BCUT2D eigenvalue weighted by Gasteiger charge is -2.23. The minimum Gasteiger partial charge on any atom is -0.351 e. The maximum Gasteiger partial charge on any atom is 0.325 e. The first-order valence-electron chi connectivity index (χ1n) is 6.39. The molecule has 20 heavy (non-hydrogen) atoms. The Kier molecular flexibility index (Phi) is 4.69. The predicted octanol–water partition coefficient (Wildman–Crippen LogP) is -0.0720. The summed E-state index contributed by atoms with van der Waals surface area (Å²) in [6.07, 6.45) is 0.349. The van der Waals surface area contributed by atoms with Gasteiger partial charge in [-0.15, -0.1) is 0 Å². The molecule has 6 amide bonds. The highest BCUT2D eigenvalue weighted by atomic mass is 16.2. The molecule has 0 aromatic heterocycles. The number of carbonyl (C=O) groups is 4. The fourth-order valence-electron chi connectivity index (χ4n) is 2.32. The lowest BCUT2D eigenvalue weighted by Crippen LogP contribution is -2.45. The molecule has 0 spiro atoms. The van der Waals surface area contributed by atoms with Crippen LogP contribution in [-0.2, 0) is 9.59 Å². The molecule has 0 saturated carbocycles. The summed E-state index contributed by atoms with van der Waals surface area (Å²) in [5.41, 5.74) is 3.86. The summed E-state index contributed by atoms with van der Waals surface area (Å²) in [4.78, 5) is 46.8. The van der Waals surface area contributed by atoms with Gasteiger partial charge in [-0.25, -0.2) is 9.59 Å². The number of hydrogen-bond donors (Lipinski definition) is 3. The second-order valence-corrected chi connectivity index (χ2v) is 5.48. The fraction of sp³-hybridized carbons (Fsp3) is 0.667. The van der Waals surface area contributed by atoms with E-state index in [9.17, 15) is 19.2 Å². The summed E-state index contributed by atoms with van der Waals surface area (Å²) in [5, 5.41) is 4.52. The molecule has 1 heterocycles. The van der Waals surface area contributed by atoms with Crippen LogP contribution >= 0.6 is 0 Å². The SMILES string of the molecule is CC(C)C[C@@]1(C)NC(=O)N(CCC(=O)NC(N)=O)C1=O. The summed E-state index contributed by atoms with van der Waals surface area (Å²) in [6, 6.07) is -1.48. The minimum absolute atomic E-state index is 0.0858. The fourth-order valence-corrected chi connectivity index (χ4v) is 2.32. The second kappa shape index (κ2) is 5.89. The van der Waals surface area contributed by atoms with Gasteiger partial charge in [-0.1, -0.05) is 13.8 Å². The Morgan fingerprint density at radius 1 is 1.40 bits per heavy atom. The first-order valence-corrected chi connectivity index (χ1v) is 6.39. The van der Waals surface area contributed by atoms with Crippen molar-refractivity contribution in [2.45, 2.75) is 39.2 Å². The molecule has 0 aliphatic carbocycles. The average molecular weight is 284 g/mol. The topological polar surface area (TPSA) is 122 Å². The van der Waals surface area contributed by atoms with Crippen molar-refractivity contribution in [1.29, 1.82) is 0 Å². The van der Waals surface area contributed by atoms with Crippen LogP contribution in [0.25, 0.3) is 0 Å². The van der Waals surface area contributed by atoms with Crippen molar-refractivity contribution < 1.29 is 19.2 Å². The summed E-state index contributed by atoms with van der Waals surface area (Å²) in [5.74, 6) is -0.749. The number of primary amides is 1. The molecule has 1 rings (SSSR count). The van der Waals surface area contributed by atoms with Gasteiger partial charge in [0.1, 0.15) is 5.54 Å². The largest absolute Gasteiger partial charge is 0.351 e. The van der Waals surface area contributed by atoms with Crippen molar-refractivity contribution in [1.82, 2.24) is 15.5 Å². The Hall–Kier alpha value is -2.12. The molecule has 1 atom stereocenters. The third-order valence-corrected chi connectivity index (χ3v) is 2.99. The van der Waals surface area contributed by atoms with Crippen molar-refractivity contribution in [2.24, 2.45) is 11.7 Å². The summed E-state index contributed by atoms with van der Waals surface area (Å²) >= 11 is 0. The van der Waals surface area contributed by atoms with Gasteiger partial charge in [-0.2, -0.15) is 0 Å². The number of nitrogens with zero attached hydrogens (tertiary/aromatic N) is 1. The molecule has 8 nitrogen and oxygen atoms in total. The Bertz CT molecular complexity index is 449. The Morgan fingerprint density at radius 3 is 2.50 bits per heavy atom. The van der Waals surface area contributed by atoms with Crippen LogP contribution < -0.4 is 16.4 Å². The zero-order valence-electron chi connectivity index (χ0n) is 11.9. The number of urea groups is 2. The molecule has 1 fully saturated rings. The zero-order chi connectivity index (χ0) is 15.5. The first kappa shape index (κ1) is 15.9. The molecule has 0 aromatic rings. The maximum absolute atomic E-state index is 12.2. The molecule has 4 N–H and O–H groups in total. The number of nitrogens with two attached hydrogens (primary N) is 1. The Labute approximate surface area is 117 Å². The molecule has 1 saturated heterocycles. The third kappa shape index (κ3) is 3.69. The van der Waals surface area contributed by atoms with Crippen molar-refractivity contribution in [3.63, 3.8) is 0 Å². The van der Waals surface area contributed by atoms with Gasteiger partial charge >= 0.3 is 12.1 Å². The number of imide groups is 2. The molecule has 1 aliphatic heterocycles. The van der Waals surface area contributed by atoms with Crippen molar-refractivity contribution in [2.75, 3.05) is 6.54 Å². The number of nitrogens with one attached hydrogen (secondary N) is 2. The van der Waals surface area contributed by atoms with Gasteiger partial charge in [0.25, 0.3) is 5.91 Å². The molecule has 0 radical (unpaired) electrons. The van der Waals surface area contributed by atoms with Crippen LogP contribution in [0.5, 0.6) is 0 Å². The highest BCUT2D eigenvalue weighted by Crippen LogP contribution is 2.24. The standard InChI is InChI=1S/C12H20N4O4/c1-7(2)6-12(3)9(18)16(11(20)15-12)5-4-8(17)14-10(13)19/h7H,4-6H2,1-3H3,(H,15,20)(H3,13,14,17,19)/t12-/m1/s1. The number of hydrogen-bond acceptors (Lipinski definition) is 4. The minimum atomic E-state index is -0.961. The lowest BCUT2D eigenvalue weighted by atomic mass is 9.91. The van der Waals surface area contributed by atoms with Crippen LogP contribution in [-0.4, -0.2) is 40.9 Å². The van der Waals surface area contributed by atoms with E-state index >= 15 is 0 Å². The Balaban J connectivity index is 2.64. The van der Waals surface area contributed by atoms with Crippen LogP contribution in [0.3, 0.4) is 0 Å². The van der Waals surface area contributed by atoms with Crippen LogP contribution in [0.1, 0.15) is 33.6 Å². The highest BCUT2D eigenvalue weighted by molar-refractivity contribution is 6.07. The van der Waals surface area contributed by atoms with Gasteiger partial charge in [0.15, 0.2) is 0 Å². The monoisotopic (exact) mass is 284 g/mol. The van der Waals surface area contributed by atoms with Crippen LogP contribution in [0.4, 0.5) is 9.59 Å². The van der Waals surface area contributed by atoms with E-state index in [-0.39, 0.29) is 24.8 Å². The quantitative estimate of drug-likeness (QED) is 0.611. The van der Waals surface area contributed by atoms with Gasteiger partial charge in [0.2, 0.25) is 5.91 Å². The van der Waals surface area contributed by atoms with E-state index in [0.717, 1.165) is 4.90 Å². The number of amides is 6. The van der Waals surface area contributed by atoms with Crippen molar-refractivity contribution in [3.8, 4) is 0 Å². The molecular weight excluding hydrogens is 264 g/mol. The van der Waals surface area contributed by atoms with E-state index < -0.39 is 23.5 Å². The van der Waals surface area contributed by atoms with Gasteiger partial charge in [0.05, 0.1) is 0 Å². The van der Waals surface area contributed by atoms with E-state index in [1.165, 1.54) is 0 Å². The van der Waals surface area contributed by atoms with Gasteiger partial charge < -0.3 is 11.1 Å².